The Hall–Kier alpha value is -1.02. The normalized spacial score (nSPS) is 18.1. The lowest BCUT2D eigenvalue weighted by atomic mass is 10.0. The topological polar surface area (TPSA) is 29.3 Å². The lowest BCUT2D eigenvalue weighted by Crippen LogP contribution is -2.39. The van der Waals surface area contributed by atoms with Gasteiger partial charge in [0.2, 0.25) is 0 Å². The van der Waals surface area contributed by atoms with Crippen molar-refractivity contribution in [2.75, 3.05) is 18.0 Å². The molecule has 0 bridgehead atoms. The number of benzene rings is 1. The summed E-state index contributed by atoms with van der Waals surface area (Å²) in [5.74, 6) is 0. The molecule has 0 spiro atoms. The number of piperidine rings is 1. The van der Waals surface area contributed by atoms with Gasteiger partial charge in [-0.05, 0) is 37.0 Å². The van der Waals surface area contributed by atoms with Crippen molar-refractivity contribution >= 4 is 5.69 Å². The number of hydrogen-bond donors (Lipinski definition) is 1. The van der Waals surface area contributed by atoms with Gasteiger partial charge in [-0.1, -0.05) is 19.1 Å². The third kappa shape index (κ3) is 2.51. The van der Waals surface area contributed by atoms with Crippen LogP contribution >= 0.6 is 0 Å². The molecule has 0 amide bonds. The predicted octanol–water partition coefficient (Wildman–Crippen LogP) is 2.18. The molecule has 0 saturated carbocycles. The van der Waals surface area contributed by atoms with E-state index in [2.05, 4.69) is 36.1 Å². The largest absolute Gasteiger partial charge is 0.371 e. The number of rotatable bonds is 2. The van der Waals surface area contributed by atoms with Crippen molar-refractivity contribution in [2.45, 2.75) is 32.2 Å². The van der Waals surface area contributed by atoms with Gasteiger partial charge in [0.25, 0.3) is 0 Å². The van der Waals surface area contributed by atoms with Gasteiger partial charge in [0.05, 0.1) is 0 Å². The molecule has 0 atom stereocenters. The second kappa shape index (κ2) is 4.67. The van der Waals surface area contributed by atoms with Crippen molar-refractivity contribution in [2.24, 2.45) is 5.73 Å². The Balaban J connectivity index is 2.03. The smallest absolute Gasteiger partial charge is 0.0366 e. The van der Waals surface area contributed by atoms with Crippen molar-refractivity contribution in [1.82, 2.24) is 0 Å². The van der Waals surface area contributed by atoms with Crippen molar-refractivity contribution in [1.29, 1.82) is 0 Å². The molecule has 1 aliphatic heterocycles. The van der Waals surface area contributed by atoms with Gasteiger partial charge in [-0.15, -0.1) is 0 Å². The van der Waals surface area contributed by atoms with E-state index >= 15 is 0 Å². The molecule has 2 heteroatoms. The highest BCUT2D eigenvalue weighted by atomic mass is 15.1. The number of nitrogens with two attached hydrogens (primary N) is 1. The first-order valence-corrected chi connectivity index (χ1v) is 5.89. The Bertz CT molecular complexity index is 297. The zero-order chi connectivity index (χ0) is 10.7. The molecule has 1 fully saturated rings. The first-order chi connectivity index (χ1) is 7.29. The molecule has 15 heavy (non-hydrogen) atoms. The van der Waals surface area contributed by atoms with Gasteiger partial charge in [0, 0.05) is 24.8 Å². The molecule has 1 heterocycles. The van der Waals surface area contributed by atoms with E-state index in [4.69, 9.17) is 5.73 Å². The summed E-state index contributed by atoms with van der Waals surface area (Å²) >= 11 is 0. The molecule has 2 nitrogen and oxygen atoms in total. The summed E-state index contributed by atoms with van der Waals surface area (Å²) in [6.07, 6.45) is 3.36. The highest BCUT2D eigenvalue weighted by Crippen LogP contribution is 2.19. The molecular weight excluding hydrogens is 184 g/mol. The molecule has 82 valence electrons. The summed E-state index contributed by atoms with van der Waals surface area (Å²) < 4.78 is 0. The molecule has 0 radical (unpaired) electrons. The maximum Gasteiger partial charge on any atom is 0.0366 e. The van der Waals surface area contributed by atoms with Gasteiger partial charge in [0.1, 0.15) is 0 Å². The van der Waals surface area contributed by atoms with Crippen LogP contribution in [-0.4, -0.2) is 19.1 Å². The second-order valence-electron chi connectivity index (χ2n) is 4.34. The minimum atomic E-state index is 0.413. The number of hydrogen-bond acceptors (Lipinski definition) is 2. The summed E-state index contributed by atoms with van der Waals surface area (Å²) in [6.45, 7) is 4.40. The quantitative estimate of drug-likeness (QED) is 0.800. The fourth-order valence-corrected chi connectivity index (χ4v) is 2.10. The minimum absolute atomic E-state index is 0.413. The van der Waals surface area contributed by atoms with Gasteiger partial charge < -0.3 is 10.6 Å². The fraction of sp³-hybridized carbons (Fsp3) is 0.538. The Labute approximate surface area is 92.1 Å². The van der Waals surface area contributed by atoms with Crippen LogP contribution in [0.15, 0.2) is 24.3 Å². The second-order valence-corrected chi connectivity index (χ2v) is 4.34. The summed E-state index contributed by atoms with van der Waals surface area (Å²) in [7, 11) is 0. The number of anilines is 1. The van der Waals surface area contributed by atoms with Gasteiger partial charge in [-0.2, -0.15) is 0 Å². The van der Waals surface area contributed by atoms with E-state index < -0.39 is 0 Å². The molecule has 2 rings (SSSR count). The standard InChI is InChI=1S/C13H20N2/c1-2-11-3-5-13(6-4-11)15-9-7-12(14)8-10-15/h3-6,12H,2,7-10,14H2,1H3. The average molecular weight is 204 g/mol. The fourth-order valence-electron chi connectivity index (χ4n) is 2.10. The van der Waals surface area contributed by atoms with Crippen LogP contribution in [0.5, 0.6) is 0 Å². The highest BCUT2D eigenvalue weighted by Gasteiger charge is 2.15. The average Bonchev–Trinajstić information content (AvgIpc) is 2.30. The van der Waals surface area contributed by atoms with E-state index in [-0.39, 0.29) is 0 Å². The van der Waals surface area contributed by atoms with E-state index in [0.29, 0.717) is 6.04 Å². The Morgan fingerprint density at radius 3 is 2.33 bits per heavy atom. The molecule has 2 N–H and O–H groups in total. The zero-order valence-electron chi connectivity index (χ0n) is 9.45. The Morgan fingerprint density at radius 1 is 1.20 bits per heavy atom. The van der Waals surface area contributed by atoms with Crippen molar-refractivity contribution in [3.05, 3.63) is 29.8 Å². The third-order valence-electron chi connectivity index (χ3n) is 3.25. The number of aryl methyl sites for hydroxylation is 1. The molecule has 1 saturated heterocycles. The highest BCUT2D eigenvalue weighted by molar-refractivity contribution is 5.48. The first kappa shape index (κ1) is 10.5. The maximum absolute atomic E-state index is 5.89. The third-order valence-corrected chi connectivity index (χ3v) is 3.25. The van der Waals surface area contributed by atoms with Crippen LogP contribution in [0, 0.1) is 0 Å². The van der Waals surface area contributed by atoms with E-state index in [9.17, 15) is 0 Å². The van der Waals surface area contributed by atoms with Crippen LogP contribution in [0.25, 0.3) is 0 Å². The monoisotopic (exact) mass is 204 g/mol. The lowest BCUT2D eigenvalue weighted by molar-refractivity contribution is 0.501. The molecule has 0 unspecified atom stereocenters. The van der Waals surface area contributed by atoms with E-state index in [1.54, 1.807) is 0 Å². The van der Waals surface area contributed by atoms with Crippen LogP contribution in [-0.2, 0) is 6.42 Å². The Kier molecular flexibility index (Phi) is 3.27. The van der Waals surface area contributed by atoms with Gasteiger partial charge in [0.15, 0.2) is 0 Å². The SMILES string of the molecule is CCc1ccc(N2CCC(N)CC2)cc1. The summed E-state index contributed by atoms with van der Waals surface area (Å²) in [4.78, 5) is 2.43. The number of nitrogens with zero attached hydrogens (tertiary/aromatic N) is 1. The molecule has 1 aromatic carbocycles. The zero-order valence-corrected chi connectivity index (χ0v) is 9.45. The van der Waals surface area contributed by atoms with Crippen LogP contribution in [0.1, 0.15) is 25.3 Å². The van der Waals surface area contributed by atoms with E-state index in [0.717, 1.165) is 32.4 Å². The van der Waals surface area contributed by atoms with Gasteiger partial charge >= 0.3 is 0 Å². The minimum Gasteiger partial charge on any atom is -0.371 e. The summed E-state index contributed by atoms with van der Waals surface area (Å²) in [5, 5.41) is 0. The lowest BCUT2D eigenvalue weighted by Gasteiger charge is -2.32. The van der Waals surface area contributed by atoms with Gasteiger partial charge in [-0.3, -0.25) is 0 Å². The van der Waals surface area contributed by atoms with E-state index in [1.807, 2.05) is 0 Å². The molecule has 1 aliphatic rings. The molecule has 0 aliphatic carbocycles. The maximum atomic E-state index is 5.89. The summed E-state index contributed by atoms with van der Waals surface area (Å²) in [6, 6.07) is 9.33. The summed E-state index contributed by atoms with van der Waals surface area (Å²) in [5.41, 5.74) is 8.65. The van der Waals surface area contributed by atoms with Crippen molar-refractivity contribution < 1.29 is 0 Å². The molecule has 1 aromatic rings. The van der Waals surface area contributed by atoms with Crippen LogP contribution in [0.3, 0.4) is 0 Å². The van der Waals surface area contributed by atoms with Gasteiger partial charge in [-0.25, -0.2) is 0 Å². The van der Waals surface area contributed by atoms with E-state index in [1.165, 1.54) is 11.3 Å². The van der Waals surface area contributed by atoms with Crippen LogP contribution in [0.4, 0.5) is 5.69 Å². The molecule has 0 aromatic heterocycles. The van der Waals surface area contributed by atoms with Crippen LogP contribution in [0.2, 0.25) is 0 Å². The predicted molar refractivity (Wildman–Crippen MR) is 65.2 cm³/mol. The first-order valence-electron chi connectivity index (χ1n) is 5.89. The Morgan fingerprint density at radius 2 is 1.80 bits per heavy atom. The molecular formula is C13H20N2. The van der Waals surface area contributed by atoms with Crippen LogP contribution < -0.4 is 10.6 Å². The van der Waals surface area contributed by atoms with Crippen molar-refractivity contribution in [3.8, 4) is 0 Å². The van der Waals surface area contributed by atoms with Crippen molar-refractivity contribution in [3.63, 3.8) is 0 Å².